The molecule has 0 aliphatic carbocycles. The van der Waals surface area contributed by atoms with E-state index in [9.17, 15) is 9.59 Å². The number of rotatable bonds is 5. The summed E-state index contributed by atoms with van der Waals surface area (Å²) in [6.45, 7) is 9.01. The van der Waals surface area contributed by atoms with Crippen LogP contribution in [0.1, 0.15) is 43.2 Å². The number of likely N-dealkylation sites (N-methyl/N-ethyl adjacent to an activating group) is 1. The molecule has 0 radical (unpaired) electrons. The lowest BCUT2D eigenvalue weighted by atomic mass is 10.2. The molecule has 2 rings (SSSR count). The van der Waals surface area contributed by atoms with Crippen molar-refractivity contribution in [3.8, 4) is 0 Å². The largest absolute Gasteiger partial charge is 0.342 e. The average molecular weight is 335 g/mol. The first kappa shape index (κ1) is 18.4. The van der Waals surface area contributed by atoms with Crippen LogP contribution >= 0.6 is 0 Å². The summed E-state index contributed by atoms with van der Waals surface area (Å²) in [7, 11) is 3.74. The van der Waals surface area contributed by atoms with Gasteiger partial charge in [-0.05, 0) is 34.2 Å². The van der Waals surface area contributed by atoms with Crippen LogP contribution in [0.2, 0.25) is 0 Å². The first-order valence-electron chi connectivity index (χ1n) is 8.63. The summed E-state index contributed by atoms with van der Waals surface area (Å²) in [4.78, 5) is 30.7. The number of hydrogen-bond acceptors (Lipinski definition) is 4. The van der Waals surface area contributed by atoms with Gasteiger partial charge in [-0.25, -0.2) is 0 Å². The zero-order chi connectivity index (χ0) is 17.9. The Morgan fingerprint density at radius 2 is 2.00 bits per heavy atom. The summed E-state index contributed by atoms with van der Waals surface area (Å²) >= 11 is 0. The molecule has 0 bridgehead atoms. The SMILES string of the molecule is CCN(C)C(=O)c1cnn2c1CN(C(=O)CN(C)C(C)C)CCC2. The van der Waals surface area contributed by atoms with E-state index < -0.39 is 0 Å². The molecule has 1 aliphatic rings. The Bertz CT molecular complexity index is 596. The second-order valence-corrected chi connectivity index (χ2v) is 6.73. The third-order valence-corrected chi connectivity index (χ3v) is 4.76. The van der Waals surface area contributed by atoms with Crippen molar-refractivity contribution < 1.29 is 9.59 Å². The predicted molar refractivity (Wildman–Crippen MR) is 92.7 cm³/mol. The minimum atomic E-state index is -0.0349. The van der Waals surface area contributed by atoms with E-state index in [4.69, 9.17) is 0 Å². The fraction of sp³-hybridized carbons (Fsp3) is 0.706. The second-order valence-electron chi connectivity index (χ2n) is 6.73. The van der Waals surface area contributed by atoms with Crippen molar-refractivity contribution in [3.05, 3.63) is 17.5 Å². The van der Waals surface area contributed by atoms with Gasteiger partial charge in [-0.15, -0.1) is 0 Å². The average Bonchev–Trinajstić information content (AvgIpc) is 2.82. The highest BCUT2D eigenvalue weighted by Gasteiger charge is 2.26. The normalized spacial score (nSPS) is 14.7. The highest BCUT2D eigenvalue weighted by molar-refractivity contribution is 5.95. The molecule has 0 saturated heterocycles. The maximum Gasteiger partial charge on any atom is 0.257 e. The number of carbonyl (C=O) groups is 2. The van der Waals surface area contributed by atoms with Gasteiger partial charge in [-0.2, -0.15) is 5.10 Å². The van der Waals surface area contributed by atoms with E-state index in [-0.39, 0.29) is 11.8 Å². The molecule has 7 nitrogen and oxygen atoms in total. The van der Waals surface area contributed by atoms with E-state index >= 15 is 0 Å². The van der Waals surface area contributed by atoms with Crippen LogP contribution in [0.4, 0.5) is 0 Å². The smallest absolute Gasteiger partial charge is 0.257 e. The molecule has 24 heavy (non-hydrogen) atoms. The maximum absolute atomic E-state index is 12.6. The van der Waals surface area contributed by atoms with Gasteiger partial charge in [-0.3, -0.25) is 19.2 Å². The topological polar surface area (TPSA) is 61.7 Å². The monoisotopic (exact) mass is 335 g/mol. The molecule has 0 N–H and O–H groups in total. The summed E-state index contributed by atoms with van der Waals surface area (Å²) in [6, 6.07) is 0.321. The van der Waals surface area contributed by atoms with Crippen LogP contribution in [-0.4, -0.2) is 76.1 Å². The zero-order valence-electron chi connectivity index (χ0n) is 15.4. The quantitative estimate of drug-likeness (QED) is 0.807. The summed E-state index contributed by atoms with van der Waals surface area (Å²) in [6.07, 6.45) is 2.49. The van der Waals surface area contributed by atoms with Gasteiger partial charge in [0.25, 0.3) is 5.91 Å². The highest BCUT2D eigenvalue weighted by Crippen LogP contribution is 2.18. The summed E-state index contributed by atoms with van der Waals surface area (Å²) in [5.41, 5.74) is 1.45. The Balaban J connectivity index is 2.18. The van der Waals surface area contributed by atoms with Gasteiger partial charge in [0, 0.05) is 32.7 Å². The molecule has 0 saturated carbocycles. The summed E-state index contributed by atoms with van der Waals surface area (Å²) in [5.74, 6) is 0.0652. The lowest BCUT2D eigenvalue weighted by molar-refractivity contribution is -0.133. The van der Waals surface area contributed by atoms with E-state index in [1.54, 1.807) is 18.1 Å². The molecule has 2 amide bonds. The summed E-state index contributed by atoms with van der Waals surface area (Å²) < 4.78 is 1.87. The number of amides is 2. The van der Waals surface area contributed by atoms with Gasteiger partial charge >= 0.3 is 0 Å². The number of aryl methyl sites for hydroxylation is 1. The number of fused-ring (bicyclic) bond motifs is 1. The number of aromatic nitrogens is 2. The lowest BCUT2D eigenvalue weighted by Crippen LogP contribution is -2.41. The molecular weight excluding hydrogens is 306 g/mol. The van der Waals surface area contributed by atoms with Gasteiger partial charge in [0.1, 0.15) is 0 Å². The first-order valence-corrected chi connectivity index (χ1v) is 8.63. The fourth-order valence-corrected chi connectivity index (χ4v) is 2.68. The lowest BCUT2D eigenvalue weighted by Gasteiger charge is -2.26. The molecule has 7 heteroatoms. The van der Waals surface area contributed by atoms with Crippen LogP contribution in [0.5, 0.6) is 0 Å². The number of hydrogen-bond donors (Lipinski definition) is 0. The molecule has 2 heterocycles. The van der Waals surface area contributed by atoms with Crippen LogP contribution < -0.4 is 0 Å². The van der Waals surface area contributed by atoms with Crippen molar-refractivity contribution in [2.24, 2.45) is 0 Å². The van der Waals surface area contributed by atoms with Gasteiger partial charge in [-0.1, -0.05) is 0 Å². The van der Waals surface area contributed by atoms with Crippen molar-refractivity contribution in [2.75, 3.05) is 33.7 Å². The molecule has 0 aromatic carbocycles. The molecule has 0 spiro atoms. The van der Waals surface area contributed by atoms with Crippen LogP contribution in [-0.2, 0) is 17.9 Å². The summed E-state index contributed by atoms with van der Waals surface area (Å²) in [5, 5.41) is 4.36. The minimum Gasteiger partial charge on any atom is -0.342 e. The molecule has 0 unspecified atom stereocenters. The molecule has 1 aromatic rings. The number of nitrogens with zero attached hydrogens (tertiary/aromatic N) is 5. The standard InChI is InChI=1S/C17H29N5O2/c1-6-19(4)17(24)14-10-18-22-9-7-8-21(11-15(14)22)16(23)12-20(5)13(2)3/h10,13H,6-9,11-12H2,1-5H3. The third-order valence-electron chi connectivity index (χ3n) is 4.76. The van der Waals surface area contributed by atoms with Crippen LogP contribution in [0.3, 0.4) is 0 Å². The molecular formula is C17H29N5O2. The van der Waals surface area contributed by atoms with Crippen molar-refractivity contribution in [1.29, 1.82) is 0 Å². The Labute approximate surface area is 144 Å². The molecule has 1 aliphatic heterocycles. The molecule has 1 aromatic heterocycles. The van der Waals surface area contributed by atoms with Crippen molar-refractivity contribution >= 4 is 11.8 Å². The first-order chi connectivity index (χ1) is 11.3. The van der Waals surface area contributed by atoms with Crippen LogP contribution in [0.15, 0.2) is 6.20 Å². The minimum absolute atomic E-state index is 0.0349. The van der Waals surface area contributed by atoms with Crippen molar-refractivity contribution in [2.45, 2.75) is 46.3 Å². The van der Waals surface area contributed by atoms with E-state index in [2.05, 4.69) is 18.9 Å². The Hall–Kier alpha value is -1.89. The van der Waals surface area contributed by atoms with E-state index in [0.29, 0.717) is 37.8 Å². The van der Waals surface area contributed by atoms with E-state index in [0.717, 1.165) is 18.7 Å². The van der Waals surface area contributed by atoms with Gasteiger partial charge < -0.3 is 9.80 Å². The fourth-order valence-electron chi connectivity index (χ4n) is 2.68. The zero-order valence-corrected chi connectivity index (χ0v) is 15.4. The Morgan fingerprint density at radius 3 is 2.62 bits per heavy atom. The van der Waals surface area contributed by atoms with Gasteiger partial charge in [0.2, 0.25) is 5.91 Å². The van der Waals surface area contributed by atoms with Crippen molar-refractivity contribution in [1.82, 2.24) is 24.5 Å². The third kappa shape index (κ3) is 3.95. The second kappa shape index (κ2) is 7.79. The molecule has 0 fully saturated rings. The van der Waals surface area contributed by atoms with Crippen LogP contribution in [0, 0.1) is 0 Å². The predicted octanol–water partition coefficient (Wildman–Crippen LogP) is 1.05. The van der Waals surface area contributed by atoms with Gasteiger partial charge in [0.15, 0.2) is 0 Å². The van der Waals surface area contributed by atoms with Gasteiger partial charge in [0.05, 0.1) is 30.5 Å². The van der Waals surface area contributed by atoms with E-state index in [1.807, 2.05) is 28.5 Å². The molecule has 134 valence electrons. The van der Waals surface area contributed by atoms with Crippen molar-refractivity contribution in [3.63, 3.8) is 0 Å². The Morgan fingerprint density at radius 1 is 1.29 bits per heavy atom. The maximum atomic E-state index is 12.6. The van der Waals surface area contributed by atoms with E-state index in [1.165, 1.54) is 0 Å². The Kier molecular flexibility index (Phi) is 5.99. The molecule has 0 atom stereocenters. The number of carbonyl (C=O) groups excluding carboxylic acids is 2. The van der Waals surface area contributed by atoms with Crippen LogP contribution in [0.25, 0.3) is 0 Å². The highest BCUT2D eigenvalue weighted by atomic mass is 16.2.